The fourth-order valence-electron chi connectivity index (χ4n) is 2.18. The van der Waals surface area contributed by atoms with Gasteiger partial charge in [0.05, 0.1) is 37.4 Å². The van der Waals surface area contributed by atoms with E-state index in [2.05, 4.69) is 0 Å². The van der Waals surface area contributed by atoms with Crippen molar-refractivity contribution in [2.24, 2.45) is 0 Å². The zero-order chi connectivity index (χ0) is 18.8. The summed E-state index contributed by atoms with van der Waals surface area (Å²) in [4.78, 5) is 11.9. The molecule has 0 unspecified atom stereocenters. The molecule has 0 aliphatic carbocycles. The Morgan fingerprint density at radius 2 is 1.58 bits per heavy atom. The molecule has 7 heteroatoms. The molecule has 140 valence electrons. The minimum absolute atomic E-state index is 0.0629. The Kier molecular flexibility index (Phi) is 7.47. The predicted octanol–water partition coefficient (Wildman–Crippen LogP) is 2.87. The van der Waals surface area contributed by atoms with Gasteiger partial charge in [0, 0.05) is 0 Å². The molecule has 0 bridgehead atoms. The van der Waals surface area contributed by atoms with Crippen LogP contribution in [0.25, 0.3) is 0 Å². The van der Waals surface area contributed by atoms with E-state index >= 15 is 0 Å². The molecule has 0 aromatic heterocycles. The van der Waals surface area contributed by atoms with Crippen molar-refractivity contribution in [3.8, 4) is 11.5 Å². The highest BCUT2D eigenvalue weighted by Crippen LogP contribution is 2.17. The lowest BCUT2D eigenvalue weighted by atomic mass is 10.3. The maximum Gasteiger partial charge on any atom is 0.309 e. The van der Waals surface area contributed by atoms with Gasteiger partial charge < -0.3 is 14.2 Å². The molecule has 2 aromatic rings. The summed E-state index contributed by atoms with van der Waals surface area (Å²) in [5, 5.41) is 0. The van der Waals surface area contributed by atoms with E-state index in [1.165, 1.54) is 0 Å². The molecule has 0 saturated carbocycles. The van der Waals surface area contributed by atoms with Gasteiger partial charge in [-0.3, -0.25) is 4.79 Å². The average Bonchev–Trinajstić information content (AvgIpc) is 2.66. The molecule has 6 nitrogen and oxygen atoms in total. The summed E-state index contributed by atoms with van der Waals surface area (Å²) in [5.41, 5.74) is 0. The first-order chi connectivity index (χ1) is 12.5. The molecule has 26 heavy (non-hydrogen) atoms. The second-order valence-corrected chi connectivity index (χ2v) is 7.59. The highest BCUT2D eigenvalue weighted by Gasteiger charge is 2.13. The number of carbonyl (C=O) groups excluding carboxylic acids is 1. The Morgan fingerprint density at radius 1 is 0.923 bits per heavy atom. The number of benzene rings is 2. The van der Waals surface area contributed by atoms with Crippen molar-refractivity contribution >= 4 is 15.8 Å². The van der Waals surface area contributed by atoms with Crippen molar-refractivity contribution < 1.29 is 27.4 Å². The van der Waals surface area contributed by atoms with E-state index in [4.69, 9.17) is 14.2 Å². The van der Waals surface area contributed by atoms with Crippen LogP contribution in [0.2, 0.25) is 0 Å². The minimum Gasteiger partial charge on any atom is -0.497 e. The molecule has 0 amide bonds. The molecule has 0 atom stereocenters. The average molecular weight is 378 g/mol. The van der Waals surface area contributed by atoms with Crippen LogP contribution in [0.3, 0.4) is 0 Å². The van der Waals surface area contributed by atoms with Gasteiger partial charge in [0.1, 0.15) is 11.5 Å². The molecule has 0 aliphatic rings. The van der Waals surface area contributed by atoms with Crippen molar-refractivity contribution in [2.45, 2.75) is 17.7 Å². The molecule has 0 fully saturated rings. The van der Waals surface area contributed by atoms with Crippen LogP contribution in [-0.4, -0.2) is 40.5 Å². The maximum absolute atomic E-state index is 12.1. The summed E-state index contributed by atoms with van der Waals surface area (Å²) >= 11 is 0. The van der Waals surface area contributed by atoms with Crippen molar-refractivity contribution in [1.29, 1.82) is 0 Å². The normalized spacial score (nSPS) is 11.0. The van der Waals surface area contributed by atoms with Gasteiger partial charge >= 0.3 is 5.97 Å². The summed E-state index contributed by atoms with van der Waals surface area (Å²) in [7, 11) is -1.76. The number of esters is 1. The van der Waals surface area contributed by atoms with Crippen LogP contribution in [0.1, 0.15) is 12.8 Å². The SMILES string of the molecule is COc1ccc(OCCC(=O)OCCCS(=O)(=O)c2ccccc2)cc1. The summed E-state index contributed by atoms with van der Waals surface area (Å²) in [6.45, 7) is 0.251. The number of hydrogen-bond acceptors (Lipinski definition) is 6. The minimum atomic E-state index is -3.34. The van der Waals surface area contributed by atoms with E-state index in [-0.39, 0.29) is 36.7 Å². The Labute approximate surface area is 153 Å². The number of rotatable bonds is 10. The number of carbonyl (C=O) groups is 1. The third-order valence-corrected chi connectivity index (χ3v) is 5.37. The smallest absolute Gasteiger partial charge is 0.309 e. The van der Waals surface area contributed by atoms with Crippen molar-refractivity contribution in [1.82, 2.24) is 0 Å². The van der Waals surface area contributed by atoms with Crippen LogP contribution in [0.4, 0.5) is 0 Å². The Balaban J connectivity index is 1.63. The summed E-state index contributed by atoms with van der Waals surface area (Å²) in [6.07, 6.45) is 0.347. The molecule has 0 heterocycles. The second-order valence-electron chi connectivity index (χ2n) is 5.48. The van der Waals surface area contributed by atoms with Crippen LogP contribution in [0, 0.1) is 0 Å². The quantitative estimate of drug-likeness (QED) is 0.467. The van der Waals surface area contributed by atoms with Gasteiger partial charge in [0.2, 0.25) is 0 Å². The van der Waals surface area contributed by atoms with E-state index in [0.717, 1.165) is 5.75 Å². The van der Waals surface area contributed by atoms with Crippen LogP contribution >= 0.6 is 0 Å². The first-order valence-electron chi connectivity index (χ1n) is 8.21. The summed E-state index contributed by atoms with van der Waals surface area (Å²) in [5.74, 6) is 0.873. The Morgan fingerprint density at radius 3 is 2.23 bits per heavy atom. The standard InChI is InChI=1S/C19H22O6S/c1-23-16-8-10-17(11-9-16)24-14-12-19(20)25-13-5-15-26(21,22)18-6-3-2-4-7-18/h2-4,6-11H,5,12-15H2,1H3. The molecular weight excluding hydrogens is 356 g/mol. The molecule has 0 saturated heterocycles. The monoisotopic (exact) mass is 378 g/mol. The molecule has 2 rings (SSSR count). The van der Waals surface area contributed by atoms with E-state index in [9.17, 15) is 13.2 Å². The Bertz CT molecular complexity index is 785. The molecule has 0 N–H and O–H groups in total. The van der Waals surface area contributed by atoms with Gasteiger partial charge in [-0.05, 0) is 42.8 Å². The highest BCUT2D eigenvalue weighted by atomic mass is 32.2. The van der Waals surface area contributed by atoms with Crippen LogP contribution < -0.4 is 9.47 Å². The van der Waals surface area contributed by atoms with Gasteiger partial charge in [0.25, 0.3) is 0 Å². The van der Waals surface area contributed by atoms with Gasteiger partial charge in [-0.15, -0.1) is 0 Å². The van der Waals surface area contributed by atoms with Crippen LogP contribution in [0.5, 0.6) is 11.5 Å². The van der Waals surface area contributed by atoms with E-state index in [1.54, 1.807) is 61.7 Å². The number of hydrogen-bond donors (Lipinski definition) is 0. The fourth-order valence-corrected chi connectivity index (χ4v) is 3.48. The number of methoxy groups -OCH3 is 1. The van der Waals surface area contributed by atoms with Crippen molar-refractivity contribution in [3.05, 3.63) is 54.6 Å². The molecular formula is C19H22O6S. The van der Waals surface area contributed by atoms with Crippen molar-refractivity contribution in [3.63, 3.8) is 0 Å². The zero-order valence-corrected chi connectivity index (χ0v) is 15.4. The highest BCUT2D eigenvalue weighted by molar-refractivity contribution is 7.91. The predicted molar refractivity (Wildman–Crippen MR) is 97.2 cm³/mol. The topological polar surface area (TPSA) is 78.9 Å². The van der Waals surface area contributed by atoms with Crippen LogP contribution in [-0.2, 0) is 19.4 Å². The first kappa shape index (κ1) is 19.8. The third kappa shape index (κ3) is 6.40. The zero-order valence-electron chi connectivity index (χ0n) is 14.6. The Hall–Kier alpha value is -2.54. The van der Waals surface area contributed by atoms with Gasteiger partial charge in [-0.25, -0.2) is 8.42 Å². The van der Waals surface area contributed by atoms with Crippen molar-refractivity contribution in [2.75, 3.05) is 26.1 Å². The largest absolute Gasteiger partial charge is 0.497 e. The number of sulfone groups is 1. The molecule has 0 aliphatic heterocycles. The van der Waals surface area contributed by atoms with E-state index < -0.39 is 15.8 Å². The van der Waals surface area contributed by atoms with Gasteiger partial charge in [-0.1, -0.05) is 18.2 Å². The maximum atomic E-state index is 12.1. The number of ether oxygens (including phenoxy) is 3. The summed E-state index contributed by atoms with van der Waals surface area (Å²) in [6, 6.07) is 15.2. The van der Waals surface area contributed by atoms with Gasteiger partial charge in [0.15, 0.2) is 9.84 Å². The molecule has 2 aromatic carbocycles. The van der Waals surface area contributed by atoms with Gasteiger partial charge in [-0.2, -0.15) is 0 Å². The molecule has 0 radical (unpaired) electrons. The van der Waals surface area contributed by atoms with Crippen LogP contribution in [0.15, 0.2) is 59.5 Å². The van der Waals surface area contributed by atoms with E-state index in [1.807, 2.05) is 0 Å². The lowest BCUT2D eigenvalue weighted by Crippen LogP contribution is -2.14. The lowest BCUT2D eigenvalue weighted by Gasteiger charge is -2.08. The fraction of sp³-hybridized carbons (Fsp3) is 0.316. The third-order valence-electron chi connectivity index (χ3n) is 3.56. The first-order valence-corrected chi connectivity index (χ1v) is 9.87. The van der Waals surface area contributed by atoms with E-state index in [0.29, 0.717) is 5.75 Å². The lowest BCUT2D eigenvalue weighted by molar-refractivity contribution is -0.144. The summed E-state index contributed by atoms with van der Waals surface area (Å²) < 4.78 is 39.7. The molecule has 0 spiro atoms. The second kappa shape index (κ2) is 9.82.